The molecule has 1 fully saturated rings. The van der Waals surface area contributed by atoms with E-state index in [1.807, 2.05) is 45.3 Å². The summed E-state index contributed by atoms with van der Waals surface area (Å²) in [6.45, 7) is 8.30. The molecule has 1 saturated heterocycles. The number of pyridine rings is 1. The van der Waals surface area contributed by atoms with Crippen LogP contribution < -0.4 is 10.2 Å². The van der Waals surface area contributed by atoms with Gasteiger partial charge in [-0.25, -0.2) is 4.79 Å². The molecule has 0 bridgehead atoms. The van der Waals surface area contributed by atoms with Crippen molar-refractivity contribution in [1.29, 1.82) is 0 Å². The van der Waals surface area contributed by atoms with Crippen LogP contribution in [0.4, 0.5) is 10.5 Å². The van der Waals surface area contributed by atoms with Crippen molar-refractivity contribution in [2.75, 3.05) is 24.5 Å². The molecule has 2 heterocycles. The summed E-state index contributed by atoms with van der Waals surface area (Å²) < 4.78 is 5.27. The molecule has 1 amide bonds. The van der Waals surface area contributed by atoms with Crippen LogP contribution >= 0.6 is 0 Å². The van der Waals surface area contributed by atoms with Crippen molar-refractivity contribution < 1.29 is 9.53 Å². The van der Waals surface area contributed by atoms with Crippen LogP contribution in [-0.2, 0) is 4.74 Å². The predicted molar refractivity (Wildman–Crippen MR) is 83.4 cm³/mol. The molecule has 1 aliphatic heterocycles. The third-order valence-corrected chi connectivity index (χ3v) is 3.48. The summed E-state index contributed by atoms with van der Waals surface area (Å²) in [6, 6.07) is 4.06. The van der Waals surface area contributed by atoms with Crippen molar-refractivity contribution in [1.82, 2.24) is 10.3 Å². The normalized spacial score (nSPS) is 19.2. The SMILES string of the molecule is CC(C)(C)OC(=O)NCC1CCCN(c2ccncc2)C1. The highest BCUT2D eigenvalue weighted by Crippen LogP contribution is 2.22. The fourth-order valence-corrected chi connectivity index (χ4v) is 2.56. The van der Waals surface area contributed by atoms with E-state index in [1.54, 1.807) is 0 Å². The van der Waals surface area contributed by atoms with Gasteiger partial charge in [0.15, 0.2) is 0 Å². The molecule has 0 saturated carbocycles. The molecule has 1 aliphatic rings. The first-order valence-electron chi connectivity index (χ1n) is 7.56. The van der Waals surface area contributed by atoms with Crippen molar-refractivity contribution in [2.45, 2.75) is 39.2 Å². The average molecular weight is 291 g/mol. The summed E-state index contributed by atoms with van der Waals surface area (Å²) in [5.41, 5.74) is 0.756. The number of nitrogens with zero attached hydrogens (tertiary/aromatic N) is 2. The number of carbonyl (C=O) groups is 1. The maximum absolute atomic E-state index is 11.7. The number of nitrogens with one attached hydrogen (secondary N) is 1. The first-order valence-corrected chi connectivity index (χ1v) is 7.56. The van der Waals surface area contributed by atoms with E-state index in [-0.39, 0.29) is 6.09 Å². The Morgan fingerprint density at radius 2 is 2.14 bits per heavy atom. The molecular formula is C16H25N3O2. The molecule has 1 atom stereocenters. The van der Waals surface area contributed by atoms with E-state index in [9.17, 15) is 4.79 Å². The Hall–Kier alpha value is -1.78. The fraction of sp³-hybridized carbons (Fsp3) is 0.625. The van der Waals surface area contributed by atoms with Crippen LogP contribution in [0, 0.1) is 5.92 Å². The predicted octanol–water partition coefficient (Wildman–Crippen LogP) is 2.82. The first-order chi connectivity index (χ1) is 9.94. The lowest BCUT2D eigenvalue weighted by Gasteiger charge is -2.34. The zero-order chi connectivity index (χ0) is 15.3. The van der Waals surface area contributed by atoms with Gasteiger partial charge in [0, 0.05) is 37.7 Å². The van der Waals surface area contributed by atoms with Crippen molar-refractivity contribution in [3.8, 4) is 0 Å². The summed E-state index contributed by atoms with van der Waals surface area (Å²) in [5.74, 6) is 0.458. The lowest BCUT2D eigenvalue weighted by molar-refractivity contribution is 0.0517. The lowest BCUT2D eigenvalue weighted by Crippen LogP contribution is -2.42. The van der Waals surface area contributed by atoms with E-state index < -0.39 is 5.60 Å². The van der Waals surface area contributed by atoms with E-state index in [1.165, 1.54) is 5.69 Å². The second kappa shape index (κ2) is 6.78. The molecule has 0 radical (unpaired) electrons. The standard InChI is InChI=1S/C16H25N3O2/c1-16(2,3)21-15(20)18-11-13-5-4-10-19(12-13)14-6-8-17-9-7-14/h6-9,13H,4-5,10-12H2,1-3H3,(H,18,20). The van der Waals surface area contributed by atoms with Gasteiger partial charge in [0.2, 0.25) is 0 Å². The number of amides is 1. The number of ether oxygens (including phenoxy) is 1. The number of hydrogen-bond acceptors (Lipinski definition) is 4. The third kappa shape index (κ3) is 5.25. The summed E-state index contributed by atoms with van der Waals surface area (Å²) >= 11 is 0. The molecule has 0 aliphatic carbocycles. The molecular weight excluding hydrogens is 266 g/mol. The fourth-order valence-electron chi connectivity index (χ4n) is 2.56. The van der Waals surface area contributed by atoms with Gasteiger partial charge in [-0.3, -0.25) is 4.98 Å². The molecule has 5 nitrogen and oxygen atoms in total. The smallest absolute Gasteiger partial charge is 0.407 e. The maximum atomic E-state index is 11.7. The van der Waals surface area contributed by atoms with Crippen molar-refractivity contribution >= 4 is 11.8 Å². The highest BCUT2D eigenvalue weighted by Gasteiger charge is 2.22. The maximum Gasteiger partial charge on any atom is 0.407 e. The zero-order valence-corrected chi connectivity index (χ0v) is 13.1. The molecule has 1 aromatic rings. The van der Waals surface area contributed by atoms with Gasteiger partial charge in [0.25, 0.3) is 0 Å². The minimum Gasteiger partial charge on any atom is -0.444 e. The number of piperidine rings is 1. The topological polar surface area (TPSA) is 54.5 Å². The molecule has 1 unspecified atom stereocenters. The number of hydrogen-bond donors (Lipinski definition) is 1. The molecule has 1 aromatic heterocycles. The van der Waals surface area contributed by atoms with Gasteiger partial charge in [-0.2, -0.15) is 0 Å². The first kappa shape index (κ1) is 15.6. The van der Waals surface area contributed by atoms with E-state index in [0.717, 1.165) is 25.9 Å². The highest BCUT2D eigenvalue weighted by atomic mass is 16.6. The Morgan fingerprint density at radius 1 is 1.43 bits per heavy atom. The average Bonchev–Trinajstić information content (AvgIpc) is 2.45. The second-order valence-electron chi connectivity index (χ2n) is 6.54. The van der Waals surface area contributed by atoms with Crippen LogP contribution in [-0.4, -0.2) is 36.3 Å². The van der Waals surface area contributed by atoms with Crippen molar-refractivity contribution in [3.05, 3.63) is 24.5 Å². The molecule has 116 valence electrons. The minimum atomic E-state index is -0.445. The highest BCUT2D eigenvalue weighted by molar-refractivity contribution is 5.67. The number of alkyl carbamates (subject to hydrolysis) is 1. The Morgan fingerprint density at radius 3 is 2.81 bits per heavy atom. The van der Waals surface area contributed by atoms with Gasteiger partial charge in [-0.15, -0.1) is 0 Å². The number of aromatic nitrogens is 1. The summed E-state index contributed by atoms with van der Waals surface area (Å²) in [6.07, 6.45) is 5.58. The van der Waals surface area contributed by atoms with E-state index in [2.05, 4.69) is 15.2 Å². The van der Waals surface area contributed by atoms with Gasteiger partial charge in [-0.1, -0.05) is 0 Å². The van der Waals surface area contributed by atoms with E-state index in [4.69, 9.17) is 4.74 Å². The summed E-state index contributed by atoms with van der Waals surface area (Å²) in [7, 11) is 0. The lowest BCUT2D eigenvalue weighted by atomic mass is 9.97. The molecule has 0 spiro atoms. The zero-order valence-electron chi connectivity index (χ0n) is 13.1. The summed E-state index contributed by atoms with van der Waals surface area (Å²) in [4.78, 5) is 18.1. The molecule has 1 N–H and O–H groups in total. The molecule has 5 heteroatoms. The van der Waals surface area contributed by atoms with E-state index in [0.29, 0.717) is 12.5 Å². The van der Waals surface area contributed by atoms with Crippen LogP contribution in [0.3, 0.4) is 0 Å². The molecule has 2 rings (SSSR count). The monoisotopic (exact) mass is 291 g/mol. The number of carbonyl (C=O) groups excluding carboxylic acids is 1. The number of rotatable bonds is 3. The van der Waals surface area contributed by atoms with Gasteiger partial charge >= 0.3 is 6.09 Å². The van der Waals surface area contributed by atoms with Crippen LogP contribution in [0.5, 0.6) is 0 Å². The quantitative estimate of drug-likeness (QED) is 0.930. The molecule has 0 aromatic carbocycles. The van der Waals surface area contributed by atoms with Gasteiger partial charge < -0.3 is 15.0 Å². The summed E-state index contributed by atoms with van der Waals surface area (Å²) in [5, 5.41) is 2.88. The number of anilines is 1. The van der Waals surface area contributed by atoms with Crippen LogP contribution in [0.1, 0.15) is 33.6 Å². The minimum absolute atomic E-state index is 0.330. The Labute approximate surface area is 126 Å². The molecule has 21 heavy (non-hydrogen) atoms. The van der Waals surface area contributed by atoms with Gasteiger partial charge in [0.1, 0.15) is 5.60 Å². The Kier molecular flexibility index (Phi) is 5.04. The third-order valence-electron chi connectivity index (χ3n) is 3.48. The van der Waals surface area contributed by atoms with Gasteiger partial charge in [-0.05, 0) is 51.7 Å². The Balaban J connectivity index is 1.81. The van der Waals surface area contributed by atoms with Gasteiger partial charge in [0.05, 0.1) is 0 Å². The van der Waals surface area contributed by atoms with Crippen LogP contribution in [0.15, 0.2) is 24.5 Å². The van der Waals surface area contributed by atoms with Crippen molar-refractivity contribution in [3.63, 3.8) is 0 Å². The Bertz CT molecular complexity index is 456. The second-order valence-corrected chi connectivity index (χ2v) is 6.54. The van der Waals surface area contributed by atoms with Crippen molar-refractivity contribution in [2.24, 2.45) is 5.92 Å². The van der Waals surface area contributed by atoms with Crippen LogP contribution in [0.2, 0.25) is 0 Å². The largest absolute Gasteiger partial charge is 0.444 e. The van der Waals surface area contributed by atoms with Crippen LogP contribution in [0.25, 0.3) is 0 Å². The van der Waals surface area contributed by atoms with E-state index >= 15 is 0 Å².